The molecule has 0 N–H and O–H groups in total. The van der Waals surface area contributed by atoms with Crippen LogP contribution in [0.15, 0.2) is 54.1 Å². The summed E-state index contributed by atoms with van der Waals surface area (Å²) in [6.45, 7) is 4.15. The van der Waals surface area contributed by atoms with Gasteiger partial charge in [-0.05, 0) is 49.7 Å². The Morgan fingerprint density at radius 1 is 1.06 bits per heavy atom. The van der Waals surface area contributed by atoms with Crippen LogP contribution in [0.2, 0.25) is 0 Å². The van der Waals surface area contributed by atoms with Gasteiger partial charge in [-0.1, -0.05) is 48.6 Å². The molecule has 0 atom stereocenters. The number of hydrogen-bond donors (Lipinski definition) is 0. The lowest BCUT2D eigenvalue weighted by atomic mass is 9.89. The molecule has 0 saturated heterocycles. The average Bonchev–Trinajstić information content (AvgIpc) is 2.33. The molecule has 0 amide bonds. The summed E-state index contributed by atoms with van der Waals surface area (Å²) in [5.41, 5.74) is 4.32. The minimum atomic E-state index is 1.15. The Kier molecular flexibility index (Phi) is 3.98. The highest BCUT2D eigenvalue weighted by Crippen LogP contribution is 2.27. The Bertz CT molecular complexity index is 370. The van der Waals surface area contributed by atoms with E-state index >= 15 is 0 Å². The largest absolute Gasteiger partial charge is 0.0956 e. The van der Waals surface area contributed by atoms with E-state index in [1.165, 1.54) is 42.4 Å². The summed E-state index contributed by atoms with van der Waals surface area (Å²) in [6, 6.07) is 10.7. The van der Waals surface area contributed by atoms with Crippen molar-refractivity contribution in [2.24, 2.45) is 0 Å². The second kappa shape index (κ2) is 5.69. The van der Waals surface area contributed by atoms with Gasteiger partial charge in [-0.2, -0.15) is 0 Å². The van der Waals surface area contributed by atoms with Crippen molar-refractivity contribution in [3.63, 3.8) is 0 Å². The van der Waals surface area contributed by atoms with Crippen LogP contribution in [0, 0.1) is 0 Å². The number of benzene rings is 1. The number of rotatable bonds is 3. The molecule has 0 radical (unpaired) electrons. The highest BCUT2D eigenvalue weighted by atomic mass is 14.1. The standard InChI is InChI=1S/C16H20/c1-14-8-5-6-12-16(14)13-7-11-15-9-3-2-4-10-15/h2-4,9-10,13H,1,5-8,11-12H2/b16-13+. The predicted octanol–water partition coefficient (Wildman–Crippen LogP) is 4.68. The Balaban J connectivity index is 1.87. The SMILES string of the molecule is C=C1CCCC/C1=C\CCc1ccccc1. The molecule has 1 fully saturated rings. The molecule has 2 rings (SSSR count). The first-order valence-corrected chi connectivity index (χ1v) is 6.27. The quantitative estimate of drug-likeness (QED) is 0.682. The van der Waals surface area contributed by atoms with Gasteiger partial charge < -0.3 is 0 Å². The third-order valence-electron chi connectivity index (χ3n) is 3.30. The molecule has 0 aliphatic heterocycles. The molecular weight excluding hydrogens is 192 g/mol. The fourth-order valence-corrected chi connectivity index (χ4v) is 2.30. The topological polar surface area (TPSA) is 0 Å². The van der Waals surface area contributed by atoms with Crippen molar-refractivity contribution < 1.29 is 0 Å². The van der Waals surface area contributed by atoms with E-state index in [2.05, 4.69) is 43.0 Å². The van der Waals surface area contributed by atoms with Crippen LogP contribution in [0.1, 0.15) is 37.7 Å². The van der Waals surface area contributed by atoms with E-state index in [9.17, 15) is 0 Å². The van der Waals surface area contributed by atoms with E-state index in [4.69, 9.17) is 0 Å². The van der Waals surface area contributed by atoms with Gasteiger partial charge in [-0.25, -0.2) is 0 Å². The molecule has 84 valence electrons. The maximum atomic E-state index is 4.15. The van der Waals surface area contributed by atoms with Crippen LogP contribution >= 0.6 is 0 Å². The lowest BCUT2D eigenvalue weighted by molar-refractivity contribution is 0.677. The van der Waals surface area contributed by atoms with Crippen LogP contribution in [0.25, 0.3) is 0 Å². The summed E-state index contributed by atoms with van der Waals surface area (Å²) >= 11 is 0. The smallest absolute Gasteiger partial charge is 0.0244 e. The summed E-state index contributed by atoms with van der Waals surface area (Å²) in [6.07, 6.45) is 9.82. The van der Waals surface area contributed by atoms with Crippen molar-refractivity contribution in [2.75, 3.05) is 0 Å². The summed E-state index contributed by atoms with van der Waals surface area (Å²) in [5.74, 6) is 0. The molecule has 0 bridgehead atoms. The van der Waals surface area contributed by atoms with Crippen LogP contribution in [-0.4, -0.2) is 0 Å². The molecule has 0 heterocycles. The highest BCUT2D eigenvalue weighted by Gasteiger charge is 2.08. The second-order valence-electron chi connectivity index (χ2n) is 4.56. The molecule has 16 heavy (non-hydrogen) atoms. The first-order valence-electron chi connectivity index (χ1n) is 6.27. The van der Waals surface area contributed by atoms with Crippen LogP contribution in [0.5, 0.6) is 0 Å². The fraction of sp³-hybridized carbons (Fsp3) is 0.375. The zero-order valence-corrected chi connectivity index (χ0v) is 9.91. The van der Waals surface area contributed by atoms with Crippen LogP contribution in [0.3, 0.4) is 0 Å². The van der Waals surface area contributed by atoms with Gasteiger partial charge in [0.25, 0.3) is 0 Å². The van der Waals surface area contributed by atoms with Crippen molar-refractivity contribution in [1.29, 1.82) is 0 Å². The molecule has 0 unspecified atom stereocenters. The summed E-state index contributed by atoms with van der Waals surface area (Å²) < 4.78 is 0. The average molecular weight is 212 g/mol. The Morgan fingerprint density at radius 2 is 1.81 bits per heavy atom. The van der Waals surface area contributed by atoms with Crippen molar-refractivity contribution in [3.8, 4) is 0 Å². The van der Waals surface area contributed by atoms with Gasteiger partial charge in [-0.15, -0.1) is 0 Å². The molecule has 1 aliphatic rings. The minimum Gasteiger partial charge on any atom is -0.0956 e. The van der Waals surface area contributed by atoms with E-state index in [0.717, 1.165) is 12.8 Å². The fourth-order valence-electron chi connectivity index (χ4n) is 2.30. The number of allylic oxidation sites excluding steroid dienone is 3. The zero-order valence-electron chi connectivity index (χ0n) is 9.91. The maximum absolute atomic E-state index is 4.15. The summed E-state index contributed by atoms with van der Waals surface area (Å²) in [4.78, 5) is 0. The molecule has 1 aromatic rings. The zero-order chi connectivity index (χ0) is 11.2. The summed E-state index contributed by atoms with van der Waals surface area (Å²) in [5, 5.41) is 0. The Morgan fingerprint density at radius 3 is 2.56 bits per heavy atom. The van der Waals surface area contributed by atoms with Crippen molar-refractivity contribution in [3.05, 3.63) is 59.7 Å². The summed E-state index contributed by atoms with van der Waals surface area (Å²) in [7, 11) is 0. The van der Waals surface area contributed by atoms with E-state index in [0.29, 0.717) is 0 Å². The minimum absolute atomic E-state index is 1.15. The molecule has 0 spiro atoms. The molecule has 1 aliphatic carbocycles. The third-order valence-corrected chi connectivity index (χ3v) is 3.30. The molecular formula is C16H20. The Hall–Kier alpha value is -1.30. The van der Waals surface area contributed by atoms with Crippen LogP contribution in [-0.2, 0) is 6.42 Å². The van der Waals surface area contributed by atoms with Crippen LogP contribution in [0.4, 0.5) is 0 Å². The third kappa shape index (κ3) is 3.10. The van der Waals surface area contributed by atoms with Gasteiger partial charge in [0.2, 0.25) is 0 Å². The van der Waals surface area contributed by atoms with E-state index in [1.54, 1.807) is 0 Å². The van der Waals surface area contributed by atoms with Crippen LogP contribution < -0.4 is 0 Å². The Labute approximate surface area is 98.7 Å². The van der Waals surface area contributed by atoms with E-state index < -0.39 is 0 Å². The van der Waals surface area contributed by atoms with Gasteiger partial charge in [-0.3, -0.25) is 0 Å². The van der Waals surface area contributed by atoms with Gasteiger partial charge in [0.1, 0.15) is 0 Å². The predicted molar refractivity (Wildman–Crippen MR) is 70.5 cm³/mol. The van der Waals surface area contributed by atoms with E-state index in [-0.39, 0.29) is 0 Å². The normalized spacial score (nSPS) is 19.0. The first kappa shape index (κ1) is 11.2. The van der Waals surface area contributed by atoms with Gasteiger partial charge >= 0.3 is 0 Å². The van der Waals surface area contributed by atoms with E-state index in [1.807, 2.05) is 0 Å². The number of hydrogen-bond acceptors (Lipinski definition) is 0. The van der Waals surface area contributed by atoms with Crippen molar-refractivity contribution in [1.82, 2.24) is 0 Å². The van der Waals surface area contributed by atoms with Gasteiger partial charge in [0.15, 0.2) is 0 Å². The molecule has 0 aromatic heterocycles. The lowest BCUT2D eigenvalue weighted by Crippen LogP contribution is -1.97. The van der Waals surface area contributed by atoms with Crippen molar-refractivity contribution in [2.45, 2.75) is 38.5 Å². The molecule has 1 saturated carbocycles. The molecule has 0 nitrogen and oxygen atoms in total. The second-order valence-corrected chi connectivity index (χ2v) is 4.56. The number of aryl methyl sites for hydroxylation is 1. The highest BCUT2D eigenvalue weighted by molar-refractivity contribution is 5.30. The first-order chi connectivity index (χ1) is 7.86. The van der Waals surface area contributed by atoms with Crippen molar-refractivity contribution >= 4 is 0 Å². The lowest BCUT2D eigenvalue weighted by Gasteiger charge is -2.16. The van der Waals surface area contributed by atoms with Gasteiger partial charge in [0.05, 0.1) is 0 Å². The van der Waals surface area contributed by atoms with Gasteiger partial charge in [0, 0.05) is 0 Å². The molecule has 0 heteroatoms. The molecule has 1 aromatic carbocycles. The maximum Gasteiger partial charge on any atom is -0.0244 e. The monoisotopic (exact) mass is 212 g/mol.